The minimum absolute atomic E-state index is 0.607. The lowest BCUT2D eigenvalue weighted by atomic mass is 10.1. The van der Waals surface area contributed by atoms with E-state index in [2.05, 4.69) is 33.7 Å². The fourth-order valence-electron chi connectivity index (χ4n) is 3.46. The Hall–Kier alpha value is -0.870. The van der Waals surface area contributed by atoms with Gasteiger partial charge in [0.15, 0.2) is 0 Å². The molecule has 0 N–H and O–H groups in total. The lowest BCUT2D eigenvalue weighted by Gasteiger charge is -2.28. The summed E-state index contributed by atoms with van der Waals surface area (Å²) < 4.78 is 0. The van der Waals surface area contributed by atoms with Crippen molar-refractivity contribution in [1.29, 1.82) is 0 Å². The maximum Gasteiger partial charge on any atom is 0.137 e. The second kappa shape index (κ2) is 5.25. The van der Waals surface area contributed by atoms with Gasteiger partial charge in [-0.3, -0.25) is 4.90 Å². The Bertz CT molecular complexity index is 465. The van der Waals surface area contributed by atoms with E-state index in [1.807, 2.05) is 0 Å². The highest BCUT2D eigenvalue weighted by molar-refractivity contribution is 6.30. The van der Waals surface area contributed by atoms with Gasteiger partial charge in [-0.15, -0.1) is 0 Å². The first-order valence-corrected chi connectivity index (χ1v) is 7.54. The van der Waals surface area contributed by atoms with Crippen molar-refractivity contribution in [2.75, 3.05) is 25.0 Å². The number of anilines is 1. The standard InChI is InChI=1S/C14H21ClN4/c1-3-12-13(15)16-9-17-14(12)19-7-6-10-4-5-11(8-19)18(10)2/h9-11H,3-8H2,1-2H3. The molecule has 3 rings (SSSR count). The quantitative estimate of drug-likeness (QED) is 0.779. The Morgan fingerprint density at radius 3 is 2.84 bits per heavy atom. The molecule has 2 aliphatic heterocycles. The lowest BCUT2D eigenvalue weighted by Crippen LogP contribution is -2.37. The number of likely N-dealkylation sites (N-methyl/N-ethyl adjacent to an activating group) is 1. The molecular weight excluding hydrogens is 260 g/mol. The van der Waals surface area contributed by atoms with Crippen molar-refractivity contribution in [3.8, 4) is 0 Å². The minimum Gasteiger partial charge on any atom is -0.355 e. The number of halogens is 1. The highest BCUT2D eigenvalue weighted by Crippen LogP contribution is 2.32. The summed E-state index contributed by atoms with van der Waals surface area (Å²) >= 11 is 6.21. The zero-order valence-electron chi connectivity index (χ0n) is 11.6. The van der Waals surface area contributed by atoms with Crippen LogP contribution >= 0.6 is 11.6 Å². The molecule has 1 aromatic heterocycles. The molecule has 2 fully saturated rings. The summed E-state index contributed by atoms with van der Waals surface area (Å²) in [5.74, 6) is 1.04. The van der Waals surface area contributed by atoms with Gasteiger partial charge in [-0.25, -0.2) is 9.97 Å². The molecule has 0 aromatic carbocycles. The van der Waals surface area contributed by atoms with E-state index in [4.69, 9.17) is 11.6 Å². The van der Waals surface area contributed by atoms with Crippen LogP contribution in [-0.4, -0.2) is 47.1 Å². The van der Waals surface area contributed by atoms with Crippen molar-refractivity contribution < 1.29 is 0 Å². The molecule has 0 spiro atoms. The van der Waals surface area contributed by atoms with Crippen molar-refractivity contribution >= 4 is 17.4 Å². The van der Waals surface area contributed by atoms with E-state index in [0.717, 1.165) is 36.9 Å². The van der Waals surface area contributed by atoms with Gasteiger partial charge in [-0.1, -0.05) is 18.5 Å². The topological polar surface area (TPSA) is 32.3 Å². The normalized spacial score (nSPS) is 27.6. The Kier molecular flexibility index (Phi) is 3.63. The Morgan fingerprint density at radius 1 is 1.26 bits per heavy atom. The van der Waals surface area contributed by atoms with E-state index >= 15 is 0 Å². The molecule has 104 valence electrons. The maximum absolute atomic E-state index is 6.21. The van der Waals surface area contributed by atoms with Crippen LogP contribution in [0.2, 0.25) is 5.15 Å². The minimum atomic E-state index is 0.607. The molecule has 0 saturated carbocycles. The predicted molar refractivity (Wildman–Crippen MR) is 77.8 cm³/mol. The molecule has 2 bridgehead atoms. The molecule has 19 heavy (non-hydrogen) atoms. The molecule has 2 aliphatic rings. The molecule has 5 heteroatoms. The SMILES string of the molecule is CCc1c(Cl)ncnc1N1CCC2CCC(C1)N2C. The van der Waals surface area contributed by atoms with E-state index in [1.54, 1.807) is 6.33 Å². The average molecular weight is 281 g/mol. The monoisotopic (exact) mass is 280 g/mol. The van der Waals surface area contributed by atoms with Gasteiger partial charge in [0.1, 0.15) is 17.3 Å². The van der Waals surface area contributed by atoms with Crippen LogP contribution in [0.3, 0.4) is 0 Å². The highest BCUT2D eigenvalue weighted by atomic mass is 35.5. The first-order valence-electron chi connectivity index (χ1n) is 7.17. The Labute approximate surface area is 119 Å². The summed E-state index contributed by atoms with van der Waals surface area (Å²) in [6.45, 7) is 4.25. The van der Waals surface area contributed by atoms with Gasteiger partial charge in [0, 0.05) is 30.7 Å². The third-order valence-electron chi connectivity index (χ3n) is 4.67. The molecule has 2 saturated heterocycles. The van der Waals surface area contributed by atoms with E-state index in [-0.39, 0.29) is 0 Å². The summed E-state index contributed by atoms with van der Waals surface area (Å²) in [4.78, 5) is 13.6. The van der Waals surface area contributed by atoms with Crippen molar-refractivity contribution in [2.24, 2.45) is 0 Å². The summed E-state index contributed by atoms with van der Waals surface area (Å²) in [7, 11) is 2.26. The van der Waals surface area contributed by atoms with Gasteiger partial charge in [0.2, 0.25) is 0 Å². The molecule has 0 radical (unpaired) electrons. The van der Waals surface area contributed by atoms with Gasteiger partial charge < -0.3 is 4.90 Å². The zero-order valence-corrected chi connectivity index (χ0v) is 12.4. The maximum atomic E-state index is 6.21. The fourth-order valence-corrected chi connectivity index (χ4v) is 3.72. The summed E-state index contributed by atoms with van der Waals surface area (Å²) in [6, 6.07) is 1.41. The molecule has 0 amide bonds. The van der Waals surface area contributed by atoms with E-state index < -0.39 is 0 Å². The first-order chi connectivity index (χ1) is 9.20. The lowest BCUT2D eigenvalue weighted by molar-refractivity contribution is 0.254. The van der Waals surface area contributed by atoms with Gasteiger partial charge in [-0.2, -0.15) is 0 Å². The number of hydrogen-bond acceptors (Lipinski definition) is 4. The number of nitrogens with zero attached hydrogens (tertiary/aromatic N) is 4. The van der Waals surface area contributed by atoms with Gasteiger partial charge in [0.25, 0.3) is 0 Å². The van der Waals surface area contributed by atoms with Crippen LogP contribution in [0.25, 0.3) is 0 Å². The van der Waals surface area contributed by atoms with Crippen LogP contribution in [0, 0.1) is 0 Å². The number of fused-ring (bicyclic) bond motifs is 2. The summed E-state index contributed by atoms with van der Waals surface area (Å²) in [6.07, 6.45) is 6.34. The number of aromatic nitrogens is 2. The van der Waals surface area contributed by atoms with Gasteiger partial charge in [-0.05, 0) is 32.7 Å². The van der Waals surface area contributed by atoms with Crippen LogP contribution in [0.4, 0.5) is 5.82 Å². The van der Waals surface area contributed by atoms with Crippen molar-refractivity contribution in [3.63, 3.8) is 0 Å². The second-order valence-electron chi connectivity index (χ2n) is 5.61. The third-order valence-corrected chi connectivity index (χ3v) is 5.00. The molecular formula is C14H21ClN4. The number of rotatable bonds is 2. The van der Waals surface area contributed by atoms with E-state index in [9.17, 15) is 0 Å². The number of hydrogen-bond donors (Lipinski definition) is 0. The van der Waals surface area contributed by atoms with Gasteiger partial charge in [0.05, 0.1) is 0 Å². The van der Waals surface area contributed by atoms with Crippen LogP contribution in [0.5, 0.6) is 0 Å². The molecule has 0 aliphatic carbocycles. The van der Waals surface area contributed by atoms with E-state index in [0.29, 0.717) is 11.2 Å². The Morgan fingerprint density at radius 2 is 2.05 bits per heavy atom. The molecule has 2 unspecified atom stereocenters. The molecule has 2 atom stereocenters. The van der Waals surface area contributed by atoms with Crippen molar-refractivity contribution in [1.82, 2.24) is 14.9 Å². The van der Waals surface area contributed by atoms with Crippen LogP contribution in [-0.2, 0) is 6.42 Å². The van der Waals surface area contributed by atoms with Crippen molar-refractivity contribution in [3.05, 3.63) is 17.0 Å². The fraction of sp³-hybridized carbons (Fsp3) is 0.714. The molecule has 3 heterocycles. The molecule has 4 nitrogen and oxygen atoms in total. The third kappa shape index (κ3) is 2.32. The van der Waals surface area contributed by atoms with E-state index in [1.165, 1.54) is 19.3 Å². The zero-order chi connectivity index (χ0) is 13.4. The highest BCUT2D eigenvalue weighted by Gasteiger charge is 2.35. The average Bonchev–Trinajstić information content (AvgIpc) is 2.63. The summed E-state index contributed by atoms with van der Waals surface area (Å²) in [5.41, 5.74) is 1.09. The van der Waals surface area contributed by atoms with Crippen LogP contribution < -0.4 is 4.90 Å². The van der Waals surface area contributed by atoms with Crippen LogP contribution in [0.1, 0.15) is 31.7 Å². The second-order valence-corrected chi connectivity index (χ2v) is 5.96. The predicted octanol–water partition coefficient (Wildman–Crippen LogP) is 2.37. The van der Waals surface area contributed by atoms with Crippen LogP contribution in [0.15, 0.2) is 6.33 Å². The molecule has 1 aromatic rings. The largest absolute Gasteiger partial charge is 0.355 e. The smallest absolute Gasteiger partial charge is 0.137 e. The first kappa shape index (κ1) is 13.1. The summed E-state index contributed by atoms with van der Waals surface area (Å²) in [5, 5.41) is 0.607. The van der Waals surface area contributed by atoms with Gasteiger partial charge >= 0.3 is 0 Å². The van der Waals surface area contributed by atoms with Crippen molar-refractivity contribution in [2.45, 2.75) is 44.7 Å². The Balaban J connectivity index is 1.89.